The number of Topliss-reactive ketones (excluding diaryl/α,β-unsaturated/α-hetero) is 1. The largest absolute Gasteiger partial charge is 0.497 e. The molecule has 7 nitrogen and oxygen atoms in total. The average Bonchev–Trinajstić information content (AvgIpc) is 3.68. The summed E-state index contributed by atoms with van der Waals surface area (Å²) in [5.41, 5.74) is 1.97. The van der Waals surface area contributed by atoms with Crippen molar-refractivity contribution in [3.05, 3.63) is 83.4 Å². The van der Waals surface area contributed by atoms with Crippen molar-refractivity contribution in [2.45, 2.75) is 17.5 Å². The van der Waals surface area contributed by atoms with Crippen LogP contribution in [0.2, 0.25) is 0 Å². The van der Waals surface area contributed by atoms with Crippen molar-refractivity contribution in [1.29, 1.82) is 0 Å². The number of ketones is 1. The second kappa shape index (κ2) is 8.01. The van der Waals surface area contributed by atoms with Gasteiger partial charge in [0.1, 0.15) is 11.3 Å². The lowest BCUT2D eigenvalue weighted by molar-refractivity contribution is -0.127. The summed E-state index contributed by atoms with van der Waals surface area (Å²) in [6.45, 7) is 0.135. The third-order valence-electron chi connectivity index (χ3n) is 7.95. The highest BCUT2D eigenvalue weighted by Crippen LogP contribution is 2.61. The quantitative estimate of drug-likeness (QED) is 0.537. The zero-order chi connectivity index (χ0) is 24.4. The number of fused-ring (bicyclic) bond motifs is 5. The van der Waals surface area contributed by atoms with E-state index in [4.69, 9.17) is 14.2 Å². The summed E-state index contributed by atoms with van der Waals surface area (Å²) < 4.78 is 16.6. The Labute approximate surface area is 212 Å². The Hall–Kier alpha value is -3.49. The van der Waals surface area contributed by atoms with Crippen molar-refractivity contribution in [1.82, 2.24) is 4.90 Å². The molecule has 1 N–H and O–H groups in total. The van der Waals surface area contributed by atoms with Gasteiger partial charge in [-0.3, -0.25) is 14.5 Å². The summed E-state index contributed by atoms with van der Waals surface area (Å²) in [7, 11) is 1.61. The summed E-state index contributed by atoms with van der Waals surface area (Å²) in [4.78, 5) is 31.0. The number of carbonyl (C=O) groups excluding carboxylic acids is 2. The Morgan fingerprint density at radius 2 is 1.92 bits per heavy atom. The van der Waals surface area contributed by atoms with Crippen LogP contribution in [0.3, 0.4) is 0 Å². The summed E-state index contributed by atoms with van der Waals surface area (Å²) in [6, 6.07) is 21.1. The van der Waals surface area contributed by atoms with E-state index in [9.17, 15) is 9.59 Å². The highest BCUT2D eigenvalue weighted by atomic mass is 32.2. The van der Waals surface area contributed by atoms with Gasteiger partial charge in [-0.15, -0.1) is 11.8 Å². The molecule has 4 atom stereocenters. The van der Waals surface area contributed by atoms with E-state index in [-0.39, 0.29) is 30.4 Å². The molecule has 182 valence electrons. The SMILES string of the molecule is COc1ccc2c(c1)[C@]1(C(=O)N2)[C@H](C(=O)c2ccc3c(c2)OCO3)[C@@H](c2ccccc2)[C@@H]2CSCN21. The zero-order valence-electron chi connectivity index (χ0n) is 19.6. The number of ether oxygens (including phenoxy) is 3. The van der Waals surface area contributed by atoms with Gasteiger partial charge in [0.2, 0.25) is 12.7 Å². The number of thioether (sulfide) groups is 1. The van der Waals surface area contributed by atoms with Gasteiger partial charge in [0, 0.05) is 40.4 Å². The van der Waals surface area contributed by atoms with Gasteiger partial charge in [-0.2, -0.15) is 0 Å². The van der Waals surface area contributed by atoms with Crippen molar-refractivity contribution in [2.24, 2.45) is 5.92 Å². The van der Waals surface area contributed by atoms with Crippen molar-refractivity contribution < 1.29 is 23.8 Å². The molecular formula is C28H24N2O5S. The molecule has 36 heavy (non-hydrogen) atoms. The summed E-state index contributed by atoms with van der Waals surface area (Å²) in [6.07, 6.45) is 0. The molecule has 1 amide bonds. The number of nitrogens with zero attached hydrogens (tertiary/aromatic N) is 1. The molecule has 0 aliphatic carbocycles. The van der Waals surface area contributed by atoms with Crippen molar-refractivity contribution >= 4 is 29.1 Å². The highest BCUT2D eigenvalue weighted by Gasteiger charge is 2.69. The second-order valence-electron chi connectivity index (χ2n) is 9.52. The minimum Gasteiger partial charge on any atom is -0.497 e. The van der Waals surface area contributed by atoms with E-state index in [0.29, 0.717) is 28.7 Å². The molecule has 4 aliphatic heterocycles. The molecule has 1 spiro atoms. The second-order valence-corrected chi connectivity index (χ2v) is 10.5. The van der Waals surface area contributed by atoms with E-state index in [1.807, 2.05) is 36.4 Å². The Morgan fingerprint density at radius 3 is 2.75 bits per heavy atom. The molecule has 0 bridgehead atoms. The van der Waals surface area contributed by atoms with Gasteiger partial charge in [0.25, 0.3) is 0 Å². The maximum atomic E-state index is 14.6. The maximum Gasteiger partial charge on any atom is 0.250 e. The van der Waals surface area contributed by atoms with Crippen LogP contribution in [0.4, 0.5) is 5.69 Å². The van der Waals surface area contributed by atoms with Crippen LogP contribution in [0.25, 0.3) is 0 Å². The summed E-state index contributed by atoms with van der Waals surface area (Å²) in [5.74, 6) is 2.31. The fourth-order valence-corrected chi connectivity index (χ4v) is 7.79. The number of methoxy groups -OCH3 is 1. The average molecular weight is 501 g/mol. The standard InChI is InChI=1S/C28H24N2O5S/c1-33-18-8-9-20-19(12-18)28(27(32)29-20)25(26(31)17-7-10-22-23(11-17)35-15-34-22)24(16-5-3-2-4-6-16)21-13-36-14-30(21)28/h2-12,21,24-25H,13-15H2,1H3,(H,29,32)/t21-,24-,25-,28+/m0/s1. The molecule has 0 saturated carbocycles. The molecule has 0 radical (unpaired) electrons. The molecule has 4 heterocycles. The van der Waals surface area contributed by atoms with Crippen LogP contribution in [0.5, 0.6) is 17.2 Å². The van der Waals surface area contributed by atoms with Gasteiger partial charge in [0.15, 0.2) is 17.3 Å². The number of hydrogen-bond donors (Lipinski definition) is 1. The summed E-state index contributed by atoms with van der Waals surface area (Å²) >= 11 is 1.80. The highest BCUT2D eigenvalue weighted by molar-refractivity contribution is 7.99. The van der Waals surface area contributed by atoms with Crippen molar-refractivity contribution in [3.8, 4) is 17.2 Å². The van der Waals surface area contributed by atoms with Crippen LogP contribution in [-0.2, 0) is 10.3 Å². The van der Waals surface area contributed by atoms with Gasteiger partial charge in [-0.25, -0.2) is 0 Å². The lowest BCUT2D eigenvalue weighted by atomic mass is 9.69. The summed E-state index contributed by atoms with van der Waals surface area (Å²) in [5, 5.41) is 3.10. The molecule has 3 aromatic carbocycles. The lowest BCUT2D eigenvalue weighted by Crippen LogP contribution is -2.52. The van der Waals surface area contributed by atoms with Crippen molar-refractivity contribution in [2.75, 3.05) is 30.8 Å². The maximum absolute atomic E-state index is 14.6. The van der Waals surface area contributed by atoms with Crippen LogP contribution in [0.1, 0.15) is 27.4 Å². The van der Waals surface area contributed by atoms with Crippen molar-refractivity contribution in [3.63, 3.8) is 0 Å². The van der Waals surface area contributed by atoms with Gasteiger partial charge >= 0.3 is 0 Å². The number of benzene rings is 3. The van der Waals surface area contributed by atoms with Crippen LogP contribution in [-0.4, -0.2) is 48.2 Å². The molecule has 2 saturated heterocycles. The van der Waals surface area contributed by atoms with E-state index >= 15 is 0 Å². The van der Waals surface area contributed by atoms with E-state index in [2.05, 4.69) is 22.3 Å². The molecule has 4 aliphatic rings. The smallest absolute Gasteiger partial charge is 0.250 e. The predicted molar refractivity (Wildman–Crippen MR) is 136 cm³/mol. The van der Waals surface area contributed by atoms with E-state index in [1.54, 1.807) is 37.1 Å². The van der Waals surface area contributed by atoms with Crippen LogP contribution < -0.4 is 19.5 Å². The number of rotatable bonds is 4. The fraction of sp³-hybridized carbons (Fsp3) is 0.286. The van der Waals surface area contributed by atoms with Crippen LogP contribution >= 0.6 is 11.8 Å². The van der Waals surface area contributed by atoms with Gasteiger partial charge in [-0.05, 0) is 42.0 Å². The predicted octanol–water partition coefficient (Wildman–Crippen LogP) is 4.24. The first-order valence-electron chi connectivity index (χ1n) is 12.0. The molecule has 8 heteroatoms. The first-order valence-corrected chi connectivity index (χ1v) is 13.1. The lowest BCUT2D eigenvalue weighted by Gasteiger charge is -2.36. The molecular weight excluding hydrogens is 476 g/mol. The Morgan fingerprint density at radius 1 is 1.08 bits per heavy atom. The number of hydrogen-bond acceptors (Lipinski definition) is 7. The Bertz CT molecular complexity index is 1400. The normalized spacial score (nSPS) is 27.7. The number of anilines is 1. The third-order valence-corrected chi connectivity index (χ3v) is 8.99. The topological polar surface area (TPSA) is 77.1 Å². The van der Waals surface area contributed by atoms with Gasteiger partial charge < -0.3 is 19.5 Å². The zero-order valence-corrected chi connectivity index (χ0v) is 20.4. The van der Waals surface area contributed by atoms with Gasteiger partial charge in [0.05, 0.1) is 13.0 Å². The molecule has 2 fully saturated rings. The minimum absolute atomic E-state index is 0.0308. The van der Waals surface area contributed by atoms with E-state index in [1.165, 1.54) is 0 Å². The molecule has 3 aromatic rings. The Kier molecular flexibility index (Phi) is 4.84. The monoisotopic (exact) mass is 500 g/mol. The third kappa shape index (κ3) is 2.85. The van der Waals surface area contributed by atoms with Crippen LogP contribution in [0, 0.1) is 5.92 Å². The first-order chi connectivity index (χ1) is 17.6. The number of carbonyl (C=O) groups is 2. The van der Waals surface area contributed by atoms with E-state index in [0.717, 1.165) is 22.6 Å². The van der Waals surface area contributed by atoms with E-state index < -0.39 is 11.5 Å². The fourth-order valence-electron chi connectivity index (χ4n) is 6.46. The Balaban J connectivity index is 1.47. The molecule has 7 rings (SSSR count). The molecule has 0 aromatic heterocycles. The number of amides is 1. The first kappa shape index (κ1) is 21.8. The van der Waals surface area contributed by atoms with Crippen LogP contribution in [0.15, 0.2) is 66.7 Å². The van der Waals surface area contributed by atoms with Gasteiger partial charge in [-0.1, -0.05) is 30.3 Å². The minimum atomic E-state index is -1.15. The molecule has 0 unspecified atom stereocenters. The number of nitrogens with one attached hydrogen (secondary N) is 1.